The molecule has 0 unspecified atom stereocenters. The molecule has 0 aliphatic rings. The number of amides is 3. The number of carbonyl (C=O) groups excluding carboxylic acids is 2. The highest BCUT2D eigenvalue weighted by molar-refractivity contribution is 7.14. The molecule has 20 heavy (non-hydrogen) atoms. The topological polar surface area (TPSA) is 83.1 Å². The van der Waals surface area contributed by atoms with Crippen molar-refractivity contribution >= 4 is 51.8 Å². The van der Waals surface area contributed by atoms with E-state index in [1.807, 2.05) is 5.38 Å². The molecule has 0 saturated carbocycles. The number of aromatic nitrogens is 1. The first kappa shape index (κ1) is 14.8. The summed E-state index contributed by atoms with van der Waals surface area (Å²) in [5.41, 5.74) is 1.65. The number of nitrogens with one attached hydrogen (secondary N) is 3. The van der Waals surface area contributed by atoms with Crippen LogP contribution in [0.1, 0.15) is 11.3 Å². The van der Waals surface area contributed by atoms with Crippen LogP contribution in [0, 0.1) is 0 Å². The van der Waals surface area contributed by atoms with Crippen LogP contribution in [-0.2, 0) is 17.9 Å². The molecule has 2 aromatic heterocycles. The highest BCUT2D eigenvalue weighted by Crippen LogP contribution is 2.19. The van der Waals surface area contributed by atoms with Crippen LogP contribution in [0.2, 0.25) is 4.34 Å². The Morgan fingerprint density at radius 1 is 1.35 bits per heavy atom. The number of hydrogen-bond donors (Lipinski definition) is 3. The van der Waals surface area contributed by atoms with Gasteiger partial charge in [0.1, 0.15) is 0 Å². The van der Waals surface area contributed by atoms with Crippen LogP contribution in [-0.4, -0.2) is 17.4 Å². The smallest absolute Gasteiger partial charge is 0.321 e. The number of nitrogens with zero attached hydrogens (tertiary/aromatic N) is 1. The molecule has 2 aromatic rings. The summed E-state index contributed by atoms with van der Waals surface area (Å²) < 4.78 is 0.689. The van der Waals surface area contributed by atoms with Crippen LogP contribution < -0.4 is 16.0 Å². The number of rotatable bonds is 6. The van der Waals surface area contributed by atoms with Gasteiger partial charge in [-0.15, -0.1) is 22.7 Å². The Bertz CT molecular complexity index is 599. The van der Waals surface area contributed by atoms with Gasteiger partial charge >= 0.3 is 6.03 Å². The number of thiazole rings is 1. The van der Waals surface area contributed by atoms with Crippen molar-refractivity contribution < 1.29 is 9.59 Å². The molecule has 0 atom stereocenters. The molecule has 0 aliphatic carbocycles. The minimum Gasteiger partial charge on any atom is -0.353 e. The molecule has 0 aliphatic heterocycles. The van der Waals surface area contributed by atoms with E-state index in [-0.39, 0.29) is 6.03 Å². The first-order valence-corrected chi connectivity index (χ1v) is 7.70. The Morgan fingerprint density at radius 3 is 2.90 bits per heavy atom. The van der Waals surface area contributed by atoms with Crippen molar-refractivity contribution in [1.82, 2.24) is 15.6 Å². The molecule has 3 amide bonds. The van der Waals surface area contributed by atoms with E-state index in [9.17, 15) is 9.59 Å². The van der Waals surface area contributed by atoms with Gasteiger partial charge in [0.25, 0.3) is 0 Å². The van der Waals surface area contributed by atoms with Crippen LogP contribution in [0.4, 0.5) is 9.93 Å². The number of halogens is 1. The van der Waals surface area contributed by atoms with Crippen LogP contribution in [0.15, 0.2) is 16.8 Å². The lowest BCUT2D eigenvalue weighted by Crippen LogP contribution is -2.28. The highest BCUT2D eigenvalue weighted by atomic mass is 35.5. The Kier molecular flexibility index (Phi) is 5.33. The molecule has 0 aromatic carbocycles. The number of carbonyl (C=O) groups is 2. The lowest BCUT2D eigenvalue weighted by Gasteiger charge is -2.03. The molecule has 0 radical (unpaired) electrons. The molecule has 0 spiro atoms. The molecule has 2 rings (SSSR count). The van der Waals surface area contributed by atoms with Crippen LogP contribution in [0.5, 0.6) is 0 Å². The van der Waals surface area contributed by atoms with E-state index in [0.29, 0.717) is 34.7 Å². The molecular formula is C11H11ClN4O2S2. The third kappa shape index (κ3) is 4.48. The largest absolute Gasteiger partial charge is 0.353 e. The van der Waals surface area contributed by atoms with Crippen molar-refractivity contribution in [2.45, 2.75) is 13.1 Å². The fraction of sp³-hybridized carbons (Fsp3) is 0.182. The van der Waals surface area contributed by atoms with Crippen LogP contribution in [0.3, 0.4) is 0 Å². The second-order valence-electron chi connectivity index (χ2n) is 3.71. The first-order chi connectivity index (χ1) is 9.67. The van der Waals surface area contributed by atoms with Crippen molar-refractivity contribution in [3.05, 3.63) is 32.4 Å². The zero-order valence-electron chi connectivity index (χ0n) is 10.2. The number of thiophene rings is 1. The number of anilines is 1. The zero-order valence-corrected chi connectivity index (χ0v) is 12.6. The van der Waals surface area contributed by atoms with Crippen molar-refractivity contribution in [3.63, 3.8) is 0 Å². The fourth-order valence-corrected chi connectivity index (χ4v) is 2.97. The van der Waals surface area contributed by atoms with Gasteiger partial charge in [0.05, 0.1) is 16.6 Å². The standard InChI is InChI=1S/C11H11ClN4O2S2/c12-9-1-7(4-19-9)2-14-10(18)16-11-15-8(5-20-11)3-13-6-17/h1,4-6H,2-3H2,(H,13,17)(H2,14,15,16,18). The highest BCUT2D eigenvalue weighted by Gasteiger charge is 2.06. The van der Waals surface area contributed by atoms with E-state index in [0.717, 1.165) is 5.56 Å². The molecule has 2 heterocycles. The number of hydrogen-bond acceptors (Lipinski definition) is 5. The van der Waals surface area contributed by atoms with Crippen LogP contribution in [0.25, 0.3) is 0 Å². The molecule has 9 heteroatoms. The second kappa shape index (κ2) is 7.22. The van der Waals surface area contributed by atoms with E-state index >= 15 is 0 Å². The summed E-state index contributed by atoms with van der Waals surface area (Å²) >= 11 is 8.52. The summed E-state index contributed by atoms with van der Waals surface area (Å²) in [7, 11) is 0. The Labute approximate surface area is 128 Å². The normalized spacial score (nSPS) is 10.1. The monoisotopic (exact) mass is 330 g/mol. The average Bonchev–Trinajstić information content (AvgIpc) is 3.03. The first-order valence-electron chi connectivity index (χ1n) is 5.56. The Hall–Kier alpha value is -1.64. The summed E-state index contributed by atoms with van der Waals surface area (Å²) in [6.07, 6.45) is 0.602. The van der Waals surface area contributed by atoms with Gasteiger partial charge in [-0.05, 0) is 17.0 Å². The van der Waals surface area contributed by atoms with Gasteiger partial charge in [0, 0.05) is 11.9 Å². The average molecular weight is 331 g/mol. The molecule has 0 bridgehead atoms. The van der Waals surface area contributed by atoms with Gasteiger partial charge < -0.3 is 10.6 Å². The summed E-state index contributed by atoms with van der Waals surface area (Å²) in [6.45, 7) is 0.747. The molecule has 0 fully saturated rings. The minimum absolute atomic E-state index is 0.337. The summed E-state index contributed by atoms with van der Waals surface area (Å²) in [5.74, 6) is 0. The fourth-order valence-electron chi connectivity index (χ4n) is 1.35. The molecular weight excluding hydrogens is 320 g/mol. The van der Waals surface area contributed by atoms with Crippen molar-refractivity contribution in [2.75, 3.05) is 5.32 Å². The predicted octanol–water partition coefficient (Wildman–Crippen LogP) is 2.43. The van der Waals surface area contributed by atoms with Gasteiger partial charge in [0.15, 0.2) is 5.13 Å². The summed E-state index contributed by atoms with van der Waals surface area (Å²) in [6, 6.07) is 1.47. The molecule has 6 nitrogen and oxygen atoms in total. The van der Waals surface area contributed by atoms with E-state index in [1.54, 1.807) is 11.4 Å². The maximum Gasteiger partial charge on any atom is 0.321 e. The second-order valence-corrected chi connectivity index (χ2v) is 6.11. The van der Waals surface area contributed by atoms with Crippen molar-refractivity contribution in [1.29, 1.82) is 0 Å². The lowest BCUT2D eigenvalue weighted by molar-refractivity contribution is -0.109. The van der Waals surface area contributed by atoms with Gasteiger partial charge in [-0.1, -0.05) is 11.6 Å². The minimum atomic E-state index is -0.337. The summed E-state index contributed by atoms with van der Waals surface area (Å²) in [4.78, 5) is 26.0. The Morgan fingerprint density at radius 2 is 2.20 bits per heavy atom. The van der Waals surface area contributed by atoms with E-state index < -0.39 is 0 Å². The molecule has 3 N–H and O–H groups in total. The van der Waals surface area contributed by atoms with Crippen LogP contribution >= 0.6 is 34.3 Å². The predicted molar refractivity (Wildman–Crippen MR) is 80.2 cm³/mol. The summed E-state index contributed by atoms with van der Waals surface area (Å²) in [5, 5.41) is 12.0. The van der Waals surface area contributed by atoms with Crippen molar-refractivity contribution in [2.24, 2.45) is 0 Å². The van der Waals surface area contributed by atoms with Gasteiger partial charge in [-0.3, -0.25) is 10.1 Å². The zero-order chi connectivity index (χ0) is 14.4. The van der Waals surface area contributed by atoms with Crippen molar-refractivity contribution in [3.8, 4) is 0 Å². The SMILES string of the molecule is O=CNCc1csc(NC(=O)NCc2csc(Cl)c2)n1. The maximum absolute atomic E-state index is 11.7. The quantitative estimate of drug-likeness (QED) is 0.711. The van der Waals surface area contributed by atoms with E-state index in [4.69, 9.17) is 11.6 Å². The van der Waals surface area contributed by atoms with Gasteiger partial charge in [0.2, 0.25) is 6.41 Å². The van der Waals surface area contributed by atoms with Gasteiger partial charge in [-0.2, -0.15) is 0 Å². The molecule has 0 saturated heterocycles. The maximum atomic E-state index is 11.7. The van der Waals surface area contributed by atoms with E-state index in [1.165, 1.54) is 22.7 Å². The molecule has 106 valence electrons. The lowest BCUT2D eigenvalue weighted by atomic mass is 10.3. The van der Waals surface area contributed by atoms with E-state index in [2.05, 4.69) is 20.9 Å². The third-order valence-electron chi connectivity index (χ3n) is 2.21. The Balaban J connectivity index is 1.79. The number of urea groups is 1. The third-order valence-corrected chi connectivity index (χ3v) is 4.16. The van der Waals surface area contributed by atoms with Gasteiger partial charge in [-0.25, -0.2) is 9.78 Å².